The molecular weight excluding hydrogens is 350 g/mol. The van der Waals surface area contributed by atoms with Gasteiger partial charge in [0.15, 0.2) is 0 Å². The Labute approximate surface area is 138 Å². The van der Waals surface area contributed by atoms with Crippen molar-refractivity contribution >= 4 is 16.6 Å². The van der Waals surface area contributed by atoms with Gasteiger partial charge >= 0.3 is 12.4 Å². The number of alkyl halides is 6. The Morgan fingerprint density at radius 3 is 2.28 bits per heavy atom. The molecule has 0 atom stereocenters. The summed E-state index contributed by atoms with van der Waals surface area (Å²) in [4.78, 5) is 14.8. The zero-order valence-electron chi connectivity index (χ0n) is 12.8. The molecule has 0 aliphatic heterocycles. The van der Waals surface area contributed by atoms with Gasteiger partial charge in [-0.1, -0.05) is 0 Å². The summed E-state index contributed by atoms with van der Waals surface area (Å²) in [5, 5.41) is -0.323. The van der Waals surface area contributed by atoms with Crippen molar-refractivity contribution in [3.63, 3.8) is 0 Å². The lowest BCUT2D eigenvalue weighted by Crippen LogP contribution is -2.45. The quantitative estimate of drug-likeness (QED) is 0.816. The highest BCUT2D eigenvalue weighted by molar-refractivity contribution is 5.86. The summed E-state index contributed by atoms with van der Waals surface area (Å²) >= 11 is 0. The van der Waals surface area contributed by atoms with Crippen molar-refractivity contribution < 1.29 is 26.3 Å². The van der Waals surface area contributed by atoms with Gasteiger partial charge in [-0.25, -0.2) is 0 Å². The molecule has 3 rings (SSSR count). The van der Waals surface area contributed by atoms with Gasteiger partial charge in [0.25, 0.3) is 0 Å². The van der Waals surface area contributed by atoms with E-state index in [0.29, 0.717) is 18.9 Å². The third-order valence-electron chi connectivity index (χ3n) is 4.33. The van der Waals surface area contributed by atoms with E-state index in [0.717, 1.165) is 17.4 Å². The highest BCUT2D eigenvalue weighted by Crippen LogP contribution is 2.37. The topological polar surface area (TPSA) is 36.1 Å². The Morgan fingerprint density at radius 2 is 1.76 bits per heavy atom. The molecule has 136 valence electrons. The number of nitrogens with one attached hydrogen (secondary N) is 1. The molecule has 3 nitrogen and oxygen atoms in total. The number of aromatic amines is 1. The first-order chi connectivity index (χ1) is 11.5. The van der Waals surface area contributed by atoms with Gasteiger partial charge in [0.2, 0.25) is 5.56 Å². The molecule has 1 N–H and O–H groups in total. The zero-order valence-corrected chi connectivity index (χ0v) is 12.8. The number of benzene rings is 1. The lowest BCUT2D eigenvalue weighted by molar-refractivity contribution is -0.136. The number of nitrogens with zero attached hydrogens (tertiary/aromatic N) is 1. The Balaban J connectivity index is 2.12. The van der Waals surface area contributed by atoms with Crippen LogP contribution in [0.25, 0.3) is 10.9 Å². The molecule has 0 spiro atoms. The van der Waals surface area contributed by atoms with E-state index in [9.17, 15) is 31.1 Å². The predicted octanol–water partition coefficient (Wildman–Crippen LogP) is 4.47. The highest BCUT2D eigenvalue weighted by atomic mass is 19.4. The molecule has 1 heterocycles. The molecule has 1 aliphatic carbocycles. The van der Waals surface area contributed by atoms with Crippen LogP contribution in [0.3, 0.4) is 0 Å². The van der Waals surface area contributed by atoms with Crippen LogP contribution < -0.4 is 10.5 Å². The highest BCUT2D eigenvalue weighted by Gasteiger charge is 2.37. The second-order valence-corrected chi connectivity index (χ2v) is 6.10. The minimum atomic E-state index is -4.78. The molecule has 0 amide bonds. The maximum absolute atomic E-state index is 13.2. The van der Waals surface area contributed by atoms with Crippen molar-refractivity contribution in [1.29, 1.82) is 0 Å². The molecule has 1 aliphatic rings. The van der Waals surface area contributed by atoms with Crippen molar-refractivity contribution in [2.75, 3.05) is 11.4 Å². The number of fused-ring (bicyclic) bond motifs is 1. The monoisotopic (exact) mass is 364 g/mol. The maximum Gasteiger partial charge on any atom is 0.417 e. The molecule has 0 unspecified atom stereocenters. The SMILES string of the molecule is O=c1cc(C(F)(F)F)c2cc(N(CC(F)(F)F)C3CCC3)ccc2[nH]1. The van der Waals surface area contributed by atoms with Crippen LogP contribution in [0.2, 0.25) is 0 Å². The fourth-order valence-electron chi connectivity index (χ4n) is 2.98. The van der Waals surface area contributed by atoms with Gasteiger partial charge in [0.05, 0.1) is 5.56 Å². The third kappa shape index (κ3) is 3.74. The summed E-state index contributed by atoms with van der Waals surface area (Å²) in [5.41, 5.74) is -2.08. The summed E-state index contributed by atoms with van der Waals surface area (Å²) < 4.78 is 78.2. The van der Waals surface area contributed by atoms with Gasteiger partial charge in [0, 0.05) is 28.7 Å². The van der Waals surface area contributed by atoms with Crippen LogP contribution in [-0.2, 0) is 6.18 Å². The third-order valence-corrected chi connectivity index (χ3v) is 4.33. The smallest absolute Gasteiger partial charge is 0.360 e. The van der Waals surface area contributed by atoms with Crippen molar-refractivity contribution in [2.24, 2.45) is 0 Å². The van der Waals surface area contributed by atoms with E-state index >= 15 is 0 Å². The average Bonchev–Trinajstić information content (AvgIpc) is 2.41. The Kier molecular flexibility index (Phi) is 4.20. The molecule has 25 heavy (non-hydrogen) atoms. The molecular formula is C16H14F6N2O. The lowest BCUT2D eigenvalue weighted by Gasteiger charge is -2.39. The van der Waals surface area contributed by atoms with E-state index in [2.05, 4.69) is 4.98 Å². The summed E-state index contributed by atoms with van der Waals surface area (Å²) in [6, 6.07) is 3.66. The van der Waals surface area contributed by atoms with Gasteiger partial charge in [-0.15, -0.1) is 0 Å². The van der Waals surface area contributed by atoms with Crippen molar-refractivity contribution in [2.45, 2.75) is 37.7 Å². The number of hydrogen-bond donors (Lipinski definition) is 1. The van der Waals surface area contributed by atoms with Crippen LogP contribution >= 0.6 is 0 Å². The first-order valence-corrected chi connectivity index (χ1v) is 7.62. The fraction of sp³-hybridized carbons (Fsp3) is 0.438. The number of anilines is 1. The molecule has 2 aromatic rings. The van der Waals surface area contributed by atoms with E-state index in [-0.39, 0.29) is 22.6 Å². The fourth-order valence-corrected chi connectivity index (χ4v) is 2.98. The minimum Gasteiger partial charge on any atom is -0.360 e. The van der Waals surface area contributed by atoms with Gasteiger partial charge in [-0.2, -0.15) is 26.3 Å². The maximum atomic E-state index is 13.2. The average molecular weight is 364 g/mol. The summed E-state index contributed by atoms with van der Waals surface area (Å²) in [6.45, 7) is -1.23. The van der Waals surface area contributed by atoms with E-state index in [4.69, 9.17) is 0 Å². The molecule has 1 fully saturated rings. The van der Waals surface area contributed by atoms with Gasteiger partial charge < -0.3 is 9.88 Å². The standard InChI is InChI=1S/C16H14F6N2O/c17-15(18,19)8-24(9-2-1-3-9)10-4-5-13-11(6-10)12(16(20,21)22)7-14(25)23-13/h4-7,9H,1-3,8H2,(H,23,25). The minimum absolute atomic E-state index is 0.0621. The Morgan fingerprint density at radius 1 is 1.08 bits per heavy atom. The van der Waals surface area contributed by atoms with Crippen molar-refractivity contribution in [1.82, 2.24) is 4.98 Å². The van der Waals surface area contributed by atoms with Crippen LogP contribution in [0.15, 0.2) is 29.1 Å². The molecule has 1 saturated carbocycles. The first kappa shape index (κ1) is 17.6. The van der Waals surface area contributed by atoms with E-state index < -0.39 is 30.0 Å². The van der Waals surface area contributed by atoms with E-state index in [1.54, 1.807) is 0 Å². The van der Waals surface area contributed by atoms with E-state index in [1.807, 2.05) is 0 Å². The van der Waals surface area contributed by atoms with Crippen LogP contribution in [0.4, 0.5) is 32.0 Å². The van der Waals surface area contributed by atoms with Crippen LogP contribution in [0.5, 0.6) is 0 Å². The Hall–Kier alpha value is -2.19. The zero-order chi connectivity index (χ0) is 18.4. The molecule has 1 aromatic heterocycles. The van der Waals surface area contributed by atoms with Gasteiger partial charge in [0.1, 0.15) is 6.54 Å². The lowest BCUT2D eigenvalue weighted by atomic mass is 9.90. The van der Waals surface area contributed by atoms with E-state index in [1.165, 1.54) is 12.1 Å². The summed E-state index contributed by atoms with van der Waals surface area (Å²) in [5.74, 6) is 0. The van der Waals surface area contributed by atoms with Crippen LogP contribution in [-0.4, -0.2) is 23.7 Å². The summed E-state index contributed by atoms with van der Waals surface area (Å²) in [6.07, 6.45) is -7.34. The van der Waals surface area contributed by atoms with Crippen molar-refractivity contribution in [3.8, 4) is 0 Å². The number of rotatable bonds is 3. The second kappa shape index (κ2) is 5.96. The summed E-state index contributed by atoms with van der Waals surface area (Å²) in [7, 11) is 0. The number of pyridine rings is 1. The van der Waals surface area contributed by atoms with Gasteiger partial charge in [-0.05, 0) is 37.5 Å². The number of halogens is 6. The molecule has 0 bridgehead atoms. The van der Waals surface area contributed by atoms with Gasteiger partial charge in [-0.3, -0.25) is 4.79 Å². The normalized spacial score (nSPS) is 16.1. The van der Waals surface area contributed by atoms with Crippen LogP contribution in [0.1, 0.15) is 24.8 Å². The molecule has 0 saturated heterocycles. The second-order valence-electron chi connectivity index (χ2n) is 6.10. The number of hydrogen-bond acceptors (Lipinski definition) is 2. The van der Waals surface area contributed by atoms with Crippen LogP contribution in [0, 0.1) is 0 Å². The number of H-pyrrole nitrogens is 1. The molecule has 0 radical (unpaired) electrons. The molecule has 9 heteroatoms. The number of aromatic nitrogens is 1. The molecule has 1 aromatic carbocycles. The van der Waals surface area contributed by atoms with Crippen molar-refractivity contribution in [3.05, 3.63) is 40.2 Å². The Bertz CT molecular complexity index is 835. The first-order valence-electron chi connectivity index (χ1n) is 7.62. The largest absolute Gasteiger partial charge is 0.417 e. The predicted molar refractivity (Wildman–Crippen MR) is 80.6 cm³/mol.